The number of halogens is 3. The van der Waals surface area contributed by atoms with E-state index < -0.39 is 40.8 Å². The standard InChI is InChI=1S/C36H35F3N2O4/c1-22-21-35(44)28-20-25-11-14-27(42)32-30(25)34(35,17-19-41(28)18-16-23-6-4-3-5-7-23)33(45-32)31(22)40(2)29(43)15-10-24-8-12-26(13-9-24)36(37,38)39/h3-9,11-14,22,28,31,33,42,44H,16-21H2,1-2H3/t22-,28-,31-,33+,34+,35-/m1/s1. The van der Waals surface area contributed by atoms with E-state index in [2.05, 4.69) is 28.9 Å². The quantitative estimate of drug-likeness (QED) is 0.407. The van der Waals surface area contributed by atoms with Gasteiger partial charge in [-0.05, 0) is 79.6 Å². The molecule has 2 heterocycles. The summed E-state index contributed by atoms with van der Waals surface area (Å²) in [5.74, 6) is 5.06. The van der Waals surface area contributed by atoms with Crippen LogP contribution in [-0.2, 0) is 29.2 Å². The van der Waals surface area contributed by atoms with E-state index in [1.165, 1.54) is 17.7 Å². The number of piperidine rings is 1. The summed E-state index contributed by atoms with van der Waals surface area (Å²) in [6, 6.07) is 17.7. The minimum atomic E-state index is -4.45. The Kier molecular flexibility index (Phi) is 6.95. The number of likely N-dealkylation sites (N-methyl/N-ethyl adjacent to an activating group) is 1. The summed E-state index contributed by atoms with van der Waals surface area (Å²) in [4.78, 5) is 17.5. The van der Waals surface area contributed by atoms with Gasteiger partial charge >= 0.3 is 6.18 Å². The van der Waals surface area contributed by atoms with E-state index in [1.807, 2.05) is 31.2 Å². The fourth-order valence-electron chi connectivity index (χ4n) is 8.74. The van der Waals surface area contributed by atoms with Crippen LogP contribution in [0.5, 0.6) is 11.5 Å². The minimum absolute atomic E-state index is 0.0207. The van der Waals surface area contributed by atoms with Gasteiger partial charge in [-0.15, -0.1) is 0 Å². The molecule has 6 atom stereocenters. The Bertz CT molecular complexity index is 1700. The zero-order chi connectivity index (χ0) is 31.7. The maximum absolute atomic E-state index is 13.5. The lowest BCUT2D eigenvalue weighted by molar-refractivity contribution is -0.211. The van der Waals surface area contributed by atoms with Gasteiger partial charge in [0.2, 0.25) is 0 Å². The molecule has 2 N–H and O–H groups in total. The largest absolute Gasteiger partial charge is 0.504 e. The number of carbonyl (C=O) groups excluding carboxylic acids is 1. The number of aromatic hydroxyl groups is 1. The molecule has 3 aromatic rings. The lowest BCUT2D eigenvalue weighted by Crippen LogP contribution is -2.79. The molecular weight excluding hydrogens is 581 g/mol. The number of likely N-dealkylation sites (tertiary alicyclic amines) is 1. The predicted molar refractivity (Wildman–Crippen MR) is 162 cm³/mol. The van der Waals surface area contributed by atoms with E-state index in [-0.39, 0.29) is 17.7 Å². The molecule has 6 nitrogen and oxygen atoms in total. The summed E-state index contributed by atoms with van der Waals surface area (Å²) in [6.45, 7) is 3.55. The molecule has 1 saturated heterocycles. The van der Waals surface area contributed by atoms with E-state index in [0.29, 0.717) is 30.6 Å². The van der Waals surface area contributed by atoms with Gasteiger partial charge in [-0.25, -0.2) is 0 Å². The van der Waals surface area contributed by atoms with Crippen molar-refractivity contribution in [3.8, 4) is 23.3 Å². The third-order valence-corrected chi connectivity index (χ3v) is 10.7. The Hall–Kier alpha value is -4.00. The number of hydrogen-bond acceptors (Lipinski definition) is 5. The molecule has 0 aromatic heterocycles. The summed E-state index contributed by atoms with van der Waals surface area (Å²) in [5, 5.41) is 23.8. The Balaban J connectivity index is 1.21. The van der Waals surface area contributed by atoms with Gasteiger partial charge in [-0.3, -0.25) is 9.69 Å². The zero-order valence-corrected chi connectivity index (χ0v) is 25.1. The number of alkyl halides is 3. The number of aliphatic hydroxyl groups is 1. The van der Waals surface area contributed by atoms with Gasteiger partial charge in [-0.2, -0.15) is 13.2 Å². The monoisotopic (exact) mass is 616 g/mol. The number of benzene rings is 3. The fourth-order valence-corrected chi connectivity index (χ4v) is 8.74. The molecule has 1 saturated carbocycles. The molecule has 7 rings (SSSR count). The SMILES string of the molecule is C[C@@H]1C[C@@]2(O)[C@H]3Cc4ccc(O)c5c4[C@@]2(CCN3CCc2ccccc2)[C@@H](O5)[C@@H]1N(C)C(=O)C#Cc1ccc(C(F)(F)F)cc1. The molecule has 0 radical (unpaired) electrons. The lowest BCUT2D eigenvalue weighted by Gasteiger charge is -2.66. The molecule has 9 heteroatoms. The summed E-state index contributed by atoms with van der Waals surface area (Å²) >= 11 is 0. The van der Waals surface area contributed by atoms with Crippen LogP contribution in [0, 0.1) is 17.8 Å². The van der Waals surface area contributed by atoms with Crippen molar-refractivity contribution in [1.82, 2.24) is 9.80 Å². The van der Waals surface area contributed by atoms with E-state index >= 15 is 0 Å². The van der Waals surface area contributed by atoms with Crippen molar-refractivity contribution in [1.29, 1.82) is 0 Å². The summed E-state index contributed by atoms with van der Waals surface area (Å²) in [6.07, 6.45) is -2.54. The first-order chi connectivity index (χ1) is 21.4. The number of amides is 1. The second kappa shape index (κ2) is 10.5. The number of rotatable bonds is 4. The fraction of sp³-hybridized carbons (Fsp3) is 0.417. The molecular formula is C36H35F3N2O4. The van der Waals surface area contributed by atoms with Crippen molar-refractivity contribution in [3.63, 3.8) is 0 Å². The van der Waals surface area contributed by atoms with Crippen LogP contribution < -0.4 is 4.74 Å². The van der Waals surface area contributed by atoms with Crippen molar-refractivity contribution in [2.75, 3.05) is 20.1 Å². The first-order valence-corrected chi connectivity index (χ1v) is 15.4. The van der Waals surface area contributed by atoms with E-state index in [0.717, 1.165) is 42.8 Å². The number of phenols is 1. The molecule has 1 amide bonds. The van der Waals surface area contributed by atoms with Crippen LogP contribution in [0.2, 0.25) is 0 Å². The number of hydrogen-bond donors (Lipinski definition) is 2. The number of phenolic OH excluding ortho intramolecular Hbond substituents is 1. The Morgan fingerprint density at radius 3 is 2.56 bits per heavy atom. The van der Waals surface area contributed by atoms with Crippen LogP contribution in [-0.4, -0.2) is 69.8 Å². The number of carbonyl (C=O) groups is 1. The van der Waals surface area contributed by atoms with Crippen LogP contribution in [0.25, 0.3) is 0 Å². The highest BCUT2D eigenvalue weighted by Crippen LogP contribution is 2.66. The van der Waals surface area contributed by atoms with E-state index in [9.17, 15) is 28.2 Å². The highest BCUT2D eigenvalue weighted by atomic mass is 19.4. The van der Waals surface area contributed by atoms with Crippen molar-refractivity contribution in [2.45, 2.75) is 68.0 Å². The van der Waals surface area contributed by atoms with Gasteiger partial charge in [0.15, 0.2) is 11.5 Å². The van der Waals surface area contributed by atoms with Crippen molar-refractivity contribution in [3.05, 3.63) is 94.5 Å². The zero-order valence-electron chi connectivity index (χ0n) is 25.1. The van der Waals surface area contributed by atoms with Gasteiger partial charge < -0.3 is 19.8 Å². The Labute approximate surface area is 260 Å². The van der Waals surface area contributed by atoms with Crippen LogP contribution in [0.15, 0.2) is 66.7 Å². The number of ether oxygens (including phenoxy) is 1. The number of nitrogens with zero attached hydrogens (tertiary/aromatic N) is 2. The summed E-state index contributed by atoms with van der Waals surface area (Å²) in [7, 11) is 1.66. The van der Waals surface area contributed by atoms with E-state index in [1.54, 1.807) is 18.0 Å². The molecule has 0 unspecified atom stereocenters. The second-order valence-electron chi connectivity index (χ2n) is 13.0. The maximum atomic E-state index is 13.5. The second-order valence-corrected chi connectivity index (χ2v) is 13.0. The van der Waals surface area contributed by atoms with E-state index in [4.69, 9.17) is 4.74 Å². The molecule has 2 aliphatic heterocycles. The van der Waals surface area contributed by atoms with Gasteiger partial charge in [0.25, 0.3) is 5.91 Å². The molecule has 2 fully saturated rings. The Morgan fingerprint density at radius 2 is 1.84 bits per heavy atom. The van der Waals surface area contributed by atoms with Gasteiger partial charge in [-0.1, -0.05) is 49.2 Å². The predicted octanol–water partition coefficient (Wildman–Crippen LogP) is 4.93. The molecule has 4 aliphatic rings. The topological polar surface area (TPSA) is 73.2 Å². The van der Waals surface area contributed by atoms with Crippen LogP contribution in [0.1, 0.15) is 47.6 Å². The van der Waals surface area contributed by atoms with Gasteiger partial charge in [0.1, 0.15) is 6.10 Å². The molecule has 1 spiro atoms. The van der Waals surface area contributed by atoms with Gasteiger partial charge in [0.05, 0.1) is 22.6 Å². The first-order valence-electron chi connectivity index (χ1n) is 15.4. The molecule has 3 aromatic carbocycles. The summed E-state index contributed by atoms with van der Waals surface area (Å²) in [5.41, 5.74) is 0.698. The van der Waals surface area contributed by atoms with Crippen molar-refractivity contribution >= 4 is 5.91 Å². The maximum Gasteiger partial charge on any atom is 0.416 e. The minimum Gasteiger partial charge on any atom is -0.504 e. The first kappa shape index (κ1) is 29.7. The molecule has 2 aliphatic carbocycles. The molecule has 2 bridgehead atoms. The van der Waals surface area contributed by atoms with Crippen LogP contribution >= 0.6 is 0 Å². The smallest absolute Gasteiger partial charge is 0.416 e. The van der Waals surface area contributed by atoms with Crippen LogP contribution in [0.4, 0.5) is 13.2 Å². The van der Waals surface area contributed by atoms with Crippen LogP contribution in [0.3, 0.4) is 0 Å². The Morgan fingerprint density at radius 1 is 1.11 bits per heavy atom. The highest BCUT2D eigenvalue weighted by Gasteiger charge is 2.74. The lowest BCUT2D eigenvalue weighted by atomic mass is 9.46. The van der Waals surface area contributed by atoms with Gasteiger partial charge in [0, 0.05) is 36.7 Å². The normalized spacial score (nSPS) is 29.6. The molecule has 234 valence electrons. The average molecular weight is 617 g/mol. The third-order valence-electron chi connectivity index (χ3n) is 10.7. The highest BCUT2D eigenvalue weighted by molar-refractivity contribution is 5.94. The summed E-state index contributed by atoms with van der Waals surface area (Å²) < 4.78 is 45.5. The third kappa shape index (κ3) is 4.52. The van der Waals surface area contributed by atoms with Crippen molar-refractivity contribution < 1.29 is 32.9 Å². The molecule has 45 heavy (non-hydrogen) atoms. The van der Waals surface area contributed by atoms with Crippen molar-refractivity contribution in [2.24, 2.45) is 5.92 Å². The average Bonchev–Trinajstić information content (AvgIpc) is 3.36.